The van der Waals surface area contributed by atoms with Gasteiger partial charge in [-0.05, 0) is 73.0 Å². The highest BCUT2D eigenvalue weighted by molar-refractivity contribution is 6.19. The second kappa shape index (κ2) is 10.6. The Bertz CT molecular complexity index is 1680. The molecule has 2 aromatic carbocycles. The SMILES string of the molecule is COc1ccc(-c2nn(-c3ccccc3)cc2/C=C2/C(=O)N(Cc3cccnc3)C(=O)C(C#N)=C2C)cc1C. The fourth-order valence-electron chi connectivity index (χ4n) is 4.56. The number of carbonyl (C=O) groups is 2. The molecule has 0 N–H and O–H groups in total. The van der Waals surface area contributed by atoms with Gasteiger partial charge < -0.3 is 4.74 Å². The monoisotopic (exact) mass is 515 g/mol. The molecule has 0 unspecified atom stereocenters. The molecule has 8 heteroatoms. The zero-order chi connectivity index (χ0) is 27.5. The van der Waals surface area contributed by atoms with Gasteiger partial charge in [0, 0.05) is 35.3 Å². The van der Waals surface area contributed by atoms with E-state index in [9.17, 15) is 14.9 Å². The number of pyridine rings is 1. The van der Waals surface area contributed by atoms with Crippen molar-refractivity contribution in [3.8, 4) is 28.8 Å². The minimum Gasteiger partial charge on any atom is -0.496 e. The third kappa shape index (κ3) is 4.86. The van der Waals surface area contributed by atoms with E-state index in [1.807, 2.05) is 67.7 Å². The van der Waals surface area contributed by atoms with Crippen molar-refractivity contribution in [2.75, 3.05) is 7.11 Å². The number of aromatic nitrogens is 3. The van der Waals surface area contributed by atoms with Crippen molar-refractivity contribution in [2.45, 2.75) is 20.4 Å². The molecule has 0 aliphatic carbocycles. The average molecular weight is 516 g/mol. The number of benzene rings is 2. The molecule has 1 aliphatic heterocycles. The highest BCUT2D eigenvalue weighted by atomic mass is 16.5. The van der Waals surface area contributed by atoms with Crippen LogP contribution in [0.2, 0.25) is 0 Å². The van der Waals surface area contributed by atoms with Crippen LogP contribution in [0.5, 0.6) is 5.75 Å². The van der Waals surface area contributed by atoms with Crippen LogP contribution in [0, 0.1) is 18.3 Å². The maximum absolute atomic E-state index is 13.7. The van der Waals surface area contributed by atoms with Crippen molar-refractivity contribution in [3.63, 3.8) is 0 Å². The first-order chi connectivity index (χ1) is 18.9. The van der Waals surface area contributed by atoms with E-state index in [0.717, 1.165) is 27.5 Å². The summed E-state index contributed by atoms with van der Waals surface area (Å²) in [6.45, 7) is 3.59. The van der Waals surface area contributed by atoms with Crippen molar-refractivity contribution in [1.82, 2.24) is 19.7 Å². The number of carbonyl (C=O) groups excluding carboxylic acids is 2. The van der Waals surface area contributed by atoms with Crippen LogP contribution >= 0.6 is 0 Å². The van der Waals surface area contributed by atoms with E-state index in [4.69, 9.17) is 9.84 Å². The number of rotatable bonds is 6. The van der Waals surface area contributed by atoms with Gasteiger partial charge in [0.05, 0.1) is 25.0 Å². The average Bonchev–Trinajstić information content (AvgIpc) is 3.39. The summed E-state index contributed by atoms with van der Waals surface area (Å²) in [5, 5.41) is 14.7. The molecule has 192 valence electrons. The predicted molar refractivity (Wildman–Crippen MR) is 146 cm³/mol. The van der Waals surface area contributed by atoms with Crippen LogP contribution in [-0.2, 0) is 16.1 Å². The Balaban J connectivity index is 1.66. The summed E-state index contributed by atoms with van der Waals surface area (Å²) in [5.41, 5.74) is 5.14. The Morgan fingerprint density at radius 1 is 1.03 bits per heavy atom. The molecule has 0 saturated heterocycles. The van der Waals surface area contributed by atoms with Gasteiger partial charge in [-0.3, -0.25) is 19.5 Å². The van der Waals surface area contributed by atoms with Gasteiger partial charge >= 0.3 is 0 Å². The Kier molecular flexibility index (Phi) is 6.89. The molecule has 0 fully saturated rings. The van der Waals surface area contributed by atoms with E-state index in [2.05, 4.69) is 4.98 Å². The van der Waals surface area contributed by atoms with Crippen molar-refractivity contribution in [1.29, 1.82) is 5.26 Å². The molecule has 8 nitrogen and oxygen atoms in total. The molecule has 0 radical (unpaired) electrons. The summed E-state index contributed by atoms with van der Waals surface area (Å²) in [5.74, 6) is -0.345. The smallest absolute Gasteiger partial charge is 0.271 e. The molecule has 4 aromatic rings. The number of nitrogens with zero attached hydrogens (tertiary/aromatic N) is 5. The van der Waals surface area contributed by atoms with Gasteiger partial charge in [0.15, 0.2) is 0 Å². The molecule has 0 spiro atoms. The lowest BCUT2D eigenvalue weighted by molar-refractivity contribution is -0.141. The lowest BCUT2D eigenvalue weighted by Gasteiger charge is -2.27. The molecule has 0 saturated carbocycles. The van der Waals surface area contributed by atoms with Crippen LogP contribution < -0.4 is 4.74 Å². The first kappa shape index (κ1) is 25.4. The van der Waals surface area contributed by atoms with E-state index in [-0.39, 0.29) is 17.7 Å². The second-order valence-electron chi connectivity index (χ2n) is 9.13. The van der Waals surface area contributed by atoms with Gasteiger partial charge in [0.25, 0.3) is 11.8 Å². The summed E-state index contributed by atoms with van der Waals surface area (Å²) in [7, 11) is 1.62. The van der Waals surface area contributed by atoms with Crippen LogP contribution in [0.25, 0.3) is 23.0 Å². The number of imide groups is 1. The normalized spacial score (nSPS) is 14.6. The molecular weight excluding hydrogens is 490 g/mol. The van der Waals surface area contributed by atoms with Crippen LogP contribution in [-0.4, -0.2) is 38.6 Å². The third-order valence-electron chi connectivity index (χ3n) is 6.62. The Morgan fingerprint density at radius 2 is 1.82 bits per heavy atom. The topological polar surface area (TPSA) is 101 Å². The summed E-state index contributed by atoms with van der Waals surface area (Å²) < 4.78 is 7.17. The van der Waals surface area contributed by atoms with Crippen LogP contribution in [0.4, 0.5) is 0 Å². The van der Waals surface area contributed by atoms with Crippen molar-refractivity contribution in [3.05, 3.63) is 113 Å². The summed E-state index contributed by atoms with van der Waals surface area (Å²) >= 11 is 0. The second-order valence-corrected chi connectivity index (χ2v) is 9.13. The minimum atomic E-state index is -0.619. The summed E-state index contributed by atoms with van der Waals surface area (Å²) in [6, 6.07) is 20.9. The van der Waals surface area contributed by atoms with E-state index in [1.54, 1.807) is 49.3 Å². The molecular formula is C31H25N5O3. The van der Waals surface area contributed by atoms with Crippen LogP contribution in [0.1, 0.15) is 23.6 Å². The van der Waals surface area contributed by atoms with Crippen LogP contribution in [0.15, 0.2) is 96.0 Å². The Labute approximate surface area is 226 Å². The highest BCUT2D eigenvalue weighted by Gasteiger charge is 2.35. The fourth-order valence-corrected chi connectivity index (χ4v) is 4.56. The molecule has 1 aliphatic rings. The number of aryl methyl sites for hydroxylation is 1. The summed E-state index contributed by atoms with van der Waals surface area (Å²) in [6.07, 6.45) is 6.76. The minimum absolute atomic E-state index is 0.00904. The van der Waals surface area contributed by atoms with E-state index in [0.29, 0.717) is 22.4 Å². The van der Waals surface area contributed by atoms with Gasteiger partial charge in [-0.25, -0.2) is 4.68 Å². The van der Waals surface area contributed by atoms with Crippen molar-refractivity contribution >= 4 is 17.9 Å². The van der Waals surface area contributed by atoms with Crippen molar-refractivity contribution in [2.24, 2.45) is 0 Å². The first-order valence-corrected chi connectivity index (χ1v) is 12.3. The lowest BCUT2D eigenvalue weighted by atomic mass is 9.93. The zero-order valence-electron chi connectivity index (χ0n) is 21.8. The standard InChI is InChI=1S/C31H25N5O3/c1-20-14-23(11-12-28(20)39-3)29-24(19-36(34-29)25-9-5-4-6-10-25)15-26-21(2)27(16-32)31(38)35(30(26)37)18-22-8-7-13-33-17-22/h4-15,17,19H,18H2,1-3H3/b26-15+. The van der Waals surface area contributed by atoms with E-state index in [1.165, 1.54) is 0 Å². The van der Waals surface area contributed by atoms with Gasteiger partial charge in [-0.2, -0.15) is 10.4 Å². The van der Waals surface area contributed by atoms with Gasteiger partial charge in [0.1, 0.15) is 17.4 Å². The largest absolute Gasteiger partial charge is 0.496 e. The van der Waals surface area contributed by atoms with Gasteiger partial charge in [-0.1, -0.05) is 24.3 Å². The molecule has 2 amide bonds. The number of para-hydroxylation sites is 1. The number of methoxy groups -OCH3 is 1. The zero-order valence-corrected chi connectivity index (χ0v) is 21.8. The number of hydrogen-bond donors (Lipinski definition) is 0. The van der Waals surface area contributed by atoms with Gasteiger partial charge in [-0.15, -0.1) is 0 Å². The number of amides is 2. The maximum atomic E-state index is 13.7. The number of hydrogen-bond acceptors (Lipinski definition) is 6. The molecule has 0 atom stereocenters. The molecule has 0 bridgehead atoms. The van der Waals surface area contributed by atoms with Gasteiger partial charge in [0.2, 0.25) is 0 Å². The quantitative estimate of drug-likeness (QED) is 0.263. The highest BCUT2D eigenvalue weighted by Crippen LogP contribution is 2.33. The Morgan fingerprint density at radius 3 is 2.49 bits per heavy atom. The molecule has 3 heterocycles. The molecule has 2 aromatic heterocycles. The van der Waals surface area contributed by atoms with Crippen LogP contribution in [0.3, 0.4) is 0 Å². The maximum Gasteiger partial charge on any atom is 0.271 e. The molecule has 5 rings (SSSR count). The Hall–Kier alpha value is -5.29. The number of ether oxygens (including phenoxy) is 1. The number of nitriles is 1. The molecule has 39 heavy (non-hydrogen) atoms. The third-order valence-corrected chi connectivity index (χ3v) is 6.62. The first-order valence-electron chi connectivity index (χ1n) is 12.3. The van der Waals surface area contributed by atoms with E-state index >= 15 is 0 Å². The lowest BCUT2D eigenvalue weighted by Crippen LogP contribution is -2.42. The summed E-state index contributed by atoms with van der Waals surface area (Å²) in [4.78, 5) is 32.0. The predicted octanol–water partition coefficient (Wildman–Crippen LogP) is 5.04. The van der Waals surface area contributed by atoms with E-state index < -0.39 is 11.8 Å². The fraction of sp³-hybridized carbons (Fsp3) is 0.129. The van der Waals surface area contributed by atoms with Crippen molar-refractivity contribution < 1.29 is 14.3 Å².